The van der Waals surface area contributed by atoms with Gasteiger partial charge in [0.1, 0.15) is 0 Å². The lowest BCUT2D eigenvalue weighted by Gasteiger charge is -2.61. The predicted molar refractivity (Wildman–Crippen MR) is 147 cm³/mol. The fourth-order valence-electron chi connectivity index (χ4n) is 9.99. The van der Waals surface area contributed by atoms with Gasteiger partial charge in [-0.1, -0.05) is 67.2 Å². The highest BCUT2D eigenvalue weighted by Gasteiger charge is 2.62. The van der Waals surface area contributed by atoms with Gasteiger partial charge in [0, 0.05) is 0 Å². The maximum Gasteiger partial charge on any atom is 0.0627 e. The molecule has 198 valence electrons. The van der Waals surface area contributed by atoms with E-state index in [0.29, 0.717) is 22.3 Å². The molecule has 1 nitrogen and oxygen atoms in total. The molecular formula is C33H60O. The number of ether oxygens (including phenoxy) is 1. The van der Waals surface area contributed by atoms with Crippen molar-refractivity contribution in [3.8, 4) is 0 Å². The highest BCUT2D eigenvalue weighted by atomic mass is 16.5. The van der Waals surface area contributed by atoms with Gasteiger partial charge in [0.25, 0.3) is 0 Å². The monoisotopic (exact) mass is 472 g/mol. The van der Waals surface area contributed by atoms with Crippen LogP contribution in [0, 0.1) is 45.8 Å². The highest BCUT2D eigenvalue weighted by molar-refractivity contribution is 5.12. The molecule has 34 heavy (non-hydrogen) atoms. The maximum atomic E-state index is 6.67. The molecular weight excluding hydrogens is 412 g/mol. The van der Waals surface area contributed by atoms with Gasteiger partial charge in [-0.2, -0.15) is 0 Å². The zero-order chi connectivity index (χ0) is 24.8. The van der Waals surface area contributed by atoms with Crippen molar-refractivity contribution in [2.75, 3.05) is 0 Å². The van der Waals surface area contributed by atoms with Crippen LogP contribution >= 0.6 is 0 Å². The average molecular weight is 473 g/mol. The fraction of sp³-hybridized carbons (Fsp3) is 1.00. The first-order valence-electron chi connectivity index (χ1n) is 15.6. The Morgan fingerprint density at radius 3 is 2.35 bits per heavy atom. The van der Waals surface area contributed by atoms with Crippen LogP contribution in [0.2, 0.25) is 0 Å². The summed E-state index contributed by atoms with van der Waals surface area (Å²) >= 11 is 0. The third-order valence-corrected chi connectivity index (χ3v) is 12.7. The topological polar surface area (TPSA) is 9.23 Å². The fourth-order valence-corrected chi connectivity index (χ4v) is 9.99. The van der Waals surface area contributed by atoms with E-state index in [0.717, 1.165) is 36.0 Å². The summed E-state index contributed by atoms with van der Waals surface area (Å²) in [7, 11) is 0. The number of hydrogen-bond acceptors (Lipinski definition) is 1. The Kier molecular flexibility index (Phi) is 7.96. The molecule has 0 aromatic heterocycles. The molecule has 1 spiro atoms. The van der Waals surface area contributed by atoms with Crippen LogP contribution in [-0.2, 0) is 4.74 Å². The minimum absolute atomic E-state index is 0.0431. The Balaban J connectivity index is 1.46. The zero-order valence-electron chi connectivity index (χ0n) is 24.5. The van der Waals surface area contributed by atoms with Gasteiger partial charge in [-0.05, 0) is 130 Å². The van der Waals surface area contributed by atoms with Gasteiger partial charge in [0.05, 0.1) is 11.7 Å². The van der Waals surface area contributed by atoms with Gasteiger partial charge in [-0.25, -0.2) is 0 Å². The molecule has 4 rings (SSSR count). The minimum atomic E-state index is 0.0431. The number of rotatable bonds is 8. The first-order valence-corrected chi connectivity index (χ1v) is 15.6. The van der Waals surface area contributed by atoms with Gasteiger partial charge in [0.15, 0.2) is 0 Å². The molecule has 0 aliphatic heterocycles. The van der Waals surface area contributed by atoms with Crippen LogP contribution in [0.4, 0.5) is 0 Å². The summed E-state index contributed by atoms with van der Waals surface area (Å²) < 4.78 is 6.67. The first-order chi connectivity index (χ1) is 15.9. The summed E-state index contributed by atoms with van der Waals surface area (Å²) in [6.45, 7) is 19.8. The van der Waals surface area contributed by atoms with Crippen molar-refractivity contribution >= 4 is 0 Å². The molecule has 0 amide bonds. The van der Waals surface area contributed by atoms with E-state index in [-0.39, 0.29) is 5.60 Å². The second-order valence-electron chi connectivity index (χ2n) is 15.3. The van der Waals surface area contributed by atoms with Crippen molar-refractivity contribution in [3.63, 3.8) is 0 Å². The zero-order valence-corrected chi connectivity index (χ0v) is 24.5. The Labute approximate surface area is 214 Å². The lowest BCUT2D eigenvalue weighted by Crippen LogP contribution is -2.53. The average Bonchev–Trinajstić information content (AvgIpc) is 3.07. The molecule has 4 aliphatic carbocycles. The summed E-state index contributed by atoms with van der Waals surface area (Å²) in [5.74, 6) is 4.60. The quantitative estimate of drug-likeness (QED) is 0.341. The minimum Gasteiger partial charge on any atom is -0.372 e. The Morgan fingerprint density at radius 2 is 1.65 bits per heavy atom. The van der Waals surface area contributed by atoms with Crippen LogP contribution in [0.3, 0.4) is 0 Å². The number of hydrogen-bond donors (Lipinski definition) is 0. The summed E-state index contributed by atoms with van der Waals surface area (Å²) in [5, 5.41) is 0. The molecule has 4 saturated carbocycles. The molecule has 1 heteroatoms. The third-order valence-electron chi connectivity index (χ3n) is 12.7. The summed E-state index contributed by atoms with van der Waals surface area (Å²) in [6, 6.07) is 0. The highest BCUT2D eigenvalue weighted by Crippen LogP contribution is 2.71. The maximum absolute atomic E-state index is 6.67. The molecule has 4 aliphatic rings. The van der Waals surface area contributed by atoms with Crippen molar-refractivity contribution in [2.45, 2.75) is 163 Å². The van der Waals surface area contributed by atoms with Crippen LogP contribution in [0.15, 0.2) is 0 Å². The standard InChI is InChI=1S/C33H60O/c1-9-30(5,6)34-28-16-19-31(7)26(22-28)14-11-18-33-21-17-29(25(4)13-10-12-24(2)3)32(33,8)20-15-27(31)23-33/h24-29H,9-23H2,1-8H3/t25-,26+,27?,28+,29-,31?,32?,33?/m1/s1. The van der Waals surface area contributed by atoms with E-state index >= 15 is 0 Å². The van der Waals surface area contributed by atoms with Crippen molar-refractivity contribution in [1.82, 2.24) is 0 Å². The van der Waals surface area contributed by atoms with E-state index in [1.807, 2.05) is 0 Å². The van der Waals surface area contributed by atoms with Gasteiger partial charge in [-0.3, -0.25) is 0 Å². The second kappa shape index (κ2) is 10.0. The molecule has 0 saturated heterocycles. The van der Waals surface area contributed by atoms with Gasteiger partial charge in [-0.15, -0.1) is 0 Å². The Bertz CT molecular complexity index is 680. The van der Waals surface area contributed by atoms with E-state index in [1.165, 1.54) is 83.5 Å². The second-order valence-corrected chi connectivity index (χ2v) is 15.3. The van der Waals surface area contributed by atoms with E-state index < -0.39 is 0 Å². The molecule has 0 aromatic rings. The normalized spacial score (nSPS) is 43.7. The van der Waals surface area contributed by atoms with E-state index in [4.69, 9.17) is 4.74 Å². The van der Waals surface area contributed by atoms with Crippen molar-refractivity contribution < 1.29 is 4.74 Å². The van der Waals surface area contributed by atoms with Gasteiger partial charge >= 0.3 is 0 Å². The van der Waals surface area contributed by atoms with Crippen LogP contribution < -0.4 is 0 Å². The van der Waals surface area contributed by atoms with Gasteiger partial charge < -0.3 is 4.74 Å². The molecule has 0 N–H and O–H groups in total. The van der Waals surface area contributed by atoms with Crippen molar-refractivity contribution in [2.24, 2.45) is 45.8 Å². The van der Waals surface area contributed by atoms with Gasteiger partial charge in [0.2, 0.25) is 0 Å². The van der Waals surface area contributed by atoms with E-state index in [2.05, 4.69) is 55.4 Å². The molecule has 8 atom stereocenters. The SMILES string of the molecule is CCC(C)(C)O[C@H]1CCC2(C)C3CCC4(C)[C@@H]([C@H](C)CCCC(C)C)CCC4(CCC[C@H]2C1)C3. The molecule has 4 unspecified atom stereocenters. The first kappa shape index (κ1) is 27.0. The van der Waals surface area contributed by atoms with Crippen molar-refractivity contribution in [3.05, 3.63) is 0 Å². The number of fused-ring (bicyclic) bond motifs is 3. The van der Waals surface area contributed by atoms with Crippen LogP contribution in [0.25, 0.3) is 0 Å². The molecule has 4 fully saturated rings. The molecule has 2 bridgehead atoms. The smallest absolute Gasteiger partial charge is 0.0627 e. The van der Waals surface area contributed by atoms with E-state index in [1.54, 1.807) is 6.42 Å². The lowest BCUT2D eigenvalue weighted by atomic mass is 9.44. The molecule has 0 heterocycles. The van der Waals surface area contributed by atoms with Crippen LogP contribution in [0.1, 0.15) is 152 Å². The molecule has 0 radical (unpaired) electrons. The van der Waals surface area contributed by atoms with Crippen LogP contribution in [-0.4, -0.2) is 11.7 Å². The predicted octanol–water partition coefficient (Wildman–Crippen LogP) is 10.2. The molecule has 0 aromatic carbocycles. The summed E-state index contributed by atoms with van der Waals surface area (Å²) in [4.78, 5) is 0. The largest absolute Gasteiger partial charge is 0.372 e. The third kappa shape index (κ3) is 4.91. The summed E-state index contributed by atoms with van der Waals surface area (Å²) in [5.41, 5.74) is 1.86. The Morgan fingerprint density at radius 1 is 0.882 bits per heavy atom. The Hall–Kier alpha value is -0.0400. The lowest BCUT2D eigenvalue weighted by molar-refractivity contribution is -0.148. The van der Waals surface area contributed by atoms with Crippen LogP contribution in [0.5, 0.6) is 0 Å². The van der Waals surface area contributed by atoms with E-state index in [9.17, 15) is 0 Å². The van der Waals surface area contributed by atoms with Crippen molar-refractivity contribution in [1.29, 1.82) is 0 Å². The summed E-state index contributed by atoms with van der Waals surface area (Å²) in [6.07, 6.45) is 22.1.